The molecular formula is C38H35N3O5S. The Balaban J connectivity index is 1.35. The number of carbonyl (C=O) groups excluding carboxylic acids is 3. The fraction of sp³-hybridized carbons (Fsp3) is 0.132. The lowest BCUT2D eigenvalue weighted by Crippen LogP contribution is -2.30. The van der Waals surface area contributed by atoms with Crippen LogP contribution in [0, 0.1) is 0 Å². The summed E-state index contributed by atoms with van der Waals surface area (Å²) in [7, 11) is 3.10. The molecule has 5 aromatic carbocycles. The van der Waals surface area contributed by atoms with Crippen molar-refractivity contribution in [3.05, 3.63) is 132 Å². The Morgan fingerprint density at radius 3 is 2.15 bits per heavy atom. The molecule has 5 aromatic rings. The van der Waals surface area contributed by atoms with E-state index in [-0.39, 0.29) is 11.6 Å². The summed E-state index contributed by atoms with van der Waals surface area (Å²) in [5.41, 5.74) is 2.39. The van der Waals surface area contributed by atoms with Crippen LogP contribution in [-0.4, -0.2) is 37.2 Å². The molecule has 0 spiro atoms. The molecule has 1 unspecified atom stereocenters. The predicted molar refractivity (Wildman–Crippen MR) is 189 cm³/mol. The molecule has 0 aliphatic heterocycles. The number of hydrogen-bond acceptors (Lipinski definition) is 6. The van der Waals surface area contributed by atoms with Gasteiger partial charge in [0.05, 0.1) is 19.5 Å². The number of fused-ring (bicyclic) bond motifs is 1. The average Bonchev–Trinajstić information content (AvgIpc) is 3.10. The van der Waals surface area contributed by atoms with Gasteiger partial charge in [-0.3, -0.25) is 14.4 Å². The first-order valence-electron chi connectivity index (χ1n) is 15.0. The third-order valence-corrected chi connectivity index (χ3v) is 8.66. The van der Waals surface area contributed by atoms with Gasteiger partial charge in [0.2, 0.25) is 5.91 Å². The number of nitrogens with one attached hydrogen (secondary N) is 3. The van der Waals surface area contributed by atoms with E-state index in [1.165, 1.54) is 11.8 Å². The molecule has 0 aliphatic rings. The highest BCUT2D eigenvalue weighted by molar-refractivity contribution is 8.00. The minimum atomic E-state index is -0.485. The Kier molecular flexibility index (Phi) is 10.9. The van der Waals surface area contributed by atoms with Gasteiger partial charge < -0.3 is 25.4 Å². The third-order valence-electron chi connectivity index (χ3n) is 7.30. The monoisotopic (exact) mass is 645 g/mol. The van der Waals surface area contributed by atoms with Crippen LogP contribution in [0.2, 0.25) is 0 Å². The number of carbonyl (C=O) groups is 3. The van der Waals surface area contributed by atoms with Crippen molar-refractivity contribution in [2.24, 2.45) is 0 Å². The van der Waals surface area contributed by atoms with Crippen molar-refractivity contribution in [2.75, 3.05) is 24.9 Å². The quantitative estimate of drug-likeness (QED) is 0.0946. The maximum atomic E-state index is 13.7. The number of thioether (sulfide) groups is 1. The number of ether oxygens (including phenoxy) is 2. The van der Waals surface area contributed by atoms with E-state index in [2.05, 4.69) is 16.0 Å². The first-order chi connectivity index (χ1) is 22.9. The second-order valence-corrected chi connectivity index (χ2v) is 11.8. The molecule has 1 atom stereocenters. The second-order valence-electron chi connectivity index (χ2n) is 10.5. The maximum Gasteiger partial charge on any atom is 0.272 e. The molecule has 0 heterocycles. The number of anilines is 2. The number of hydrogen-bond donors (Lipinski definition) is 3. The van der Waals surface area contributed by atoms with E-state index in [1.807, 2.05) is 73.7 Å². The lowest BCUT2D eigenvalue weighted by atomic mass is 10.0. The van der Waals surface area contributed by atoms with Gasteiger partial charge in [0.25, 0.3) is 11.8 Å². The van der Waals surface area contributed by atoms with Crippen molar-refractivity contribution in [1.82, 2.24) is 5.32 Å². The van der Waals surface area contributed by atoms with Gasteiger partial charge in [-0.2, -0.15) is 0 Å². The Morgan fingerprint density at radius 2 is 1.43 bits per heavy atom. The zero-order chi connectivity index (χ0) is 33.2. The number of amides is 3. The maximum absolute atomic E-state index is 13.7. The van der Waals surface area contributed by atoms with Crippen LogP contribution < -0.4 is 25.4 Å². The standard InChI is InChI=1S/C38H35N3O5S/c1-4-35(38(44)40-29-21-30(45-2)24-31(22-29)46-3)47-32-18-11-17-28(23-32)39-37(43)34(41-36(42)26-13-6-5-7-14-26)20-27-16-10-15-25-12-8-9-19-33(25)27/h5-24,35H,4H2,1-3H3,(H,39,43)(H,40,44)(H,41,42)/b34-20+. The van der Waals surface area contributed by atoms with E-state index in [9.17, 15) is 14.4 Å². The third kappa shape index (κ3) is 8.59. The molecule has 0 saturated carbocycles. The lowest BCUT2D eigenvalue weighted by molar-refractivity contribution is -0.116. The van der Waals surface area contributed by atoms with Crippen LogP contribution in [0.3, 0.4) is 0 Å². The normalized spacial score (nSPS) is 11.8. The van der Waals surface area contributed by atoms with Crippen LogP contribution in [0.15, 0.2) is 126 Å². The molecule has 0 fully saturated rings. The van der Waals surface area contributed by atoms with Crippen LogP contribution >= 0.6 is 11.8 Å². The Bertz CT molecular complexity index is 1900. The second kappa shape index (κ2) is 15.6. The summed E-state index contributed by atoms with van der Waals surface area (Å²) in [4.78, 5) is 40.9. The fourth-order valence-electron chi connectivity index (χ4n) is 4.91. The molecule has 0 bridgehead atoms. The van der Waals surface area contributed by atoms with Crippen LogP contribution in [0.4, 0.5) is 11.4 Å². The zero-order valence-corrected chi connectivity index (χ0v) is 27.1. The van der Waals surface area contributed by atoms with Gasteiger partial charge in [-0.05, 0) is 59.2 Å². The summed E-state index contributed by atoms with van der Waals surface area (Å²) < 4.78 is 10.6. The van der Waals surface area contributed by atoms with E-state index >= 15 is 0 Å². The molecule has 0 aromatic heterocycles. The molecule has 9 heteroatoms. The molecular weight excluding hydrogens is 611 g/mol. The van der Waals surface area contributed by atoms with Gasteiger partial charge in [0.1, 0.15) is 17.2 Å². The number of benzene rings is 5. The van der Waals surface area contributed by atoms with E-state index in [0.717, 1.165) is 21.2 Å². The molecule has 238 valence electrons. The molecule has 8 nitrogen and oxygen atoms in total. The van der Waals surface area contributed by atoms with Gasteiger partial charge >= 0.3 is 0 Å². The van der Waals surface area contributed by atoms with Crippen LogP contribution in [0.5, 0.6) is 11.5 Å². The highest BCUT2D eigenvalue weighted by Crippen LogP contribution is 2.31. The topological polar surface area (TPSA) is 106 Å². The SMILES string of the molecule is CCC(Sc1cccc(NC(=O)/C(=C\c2cccc3ccccc23)NC(=O)c2ccccc2)c1)C(=O)Nc1cc(OC)cc(OC)c1. The Hall–Kier alpha value is -5.54. The van der Waals surface area contributed by atoms with Crippen LogP contribution in [0.1, 0.15) is 29.3 Å². The summed E-state index contributed by atoms with van der Waals surface area (Å²) in [6.07, 6.45) is 2.25. The molecule has 0 aliphatic carbocycles. The fourth-order valence-corrected chi connectivity index (χ4v) is 5.92. The minimum absolute atomic E-state index is 0.0905. The number of methoxy groups -OCH3 is 2. The average molecular weight is 646 g/mol. The van der Waals surface area contributed by atoms with E-state index in [0.29, 0.717) is 34.9 Å². The highest BCUT2D eigenvalue weighted by Gasteiger charge is 2.20. The smallest absolute Gasteiger partial charge is 0.272 e. The van der Waals surface area contributed by atoms with Crippen LogP contribution in [-0.2, 0) is 9.59 Å². The van der Waals surface area contributed by atoms with Crippen molar-refractivity contribution < 1.29 is 23.9 Å². The minimum Gasteiger partial charge on any atom is -0.497 e. The van der Waals surface area contributed by atoms with Crippen molar-refractivity contribution in [3.63, 3.8) is 0 Å². The molecule has 3 N–H and O–H groups in total. The van der Waals surface area contributed by atoms with Crippen molar-refractivity contribution in [2.45, 2.75) is 23.5 Å². The first kappa shape index (κ1) is 32.8. The predicted octanol–water partition coefficient (Wildman–Crippen LogP) is 7.78. The number of rotatable bonds is 12. The summed E-state index contributed by atoms with van der Waals surface area (Å²) >= 11 is 1.39. The summed E-state index contributed by atoms with van der Waals surface area (Å²) in [5.74, 6) is 0.0737. The Morgan fingerprint density at radius 1 is 0.745 bits per heavy atom. The lowest BCUT2D eigenvalue weighted by Gasteiger charge is -2.17. The molecule has 3 amide bonds. The largest absolute Gasteiger partial charge is 0.497 e. The van der Waals surface area contributed by atoms with Gasteiger partial charge in [0, 0.05) is 40.0 Å². The van der Waals surface area contributed by atoms with Gasteiger partial charge in [-0.25, -0.2) is 0 Å². The summed E-state index contributed by atoms with van der Waals surface area (Å²) in [5, 5.41) is 10.2. The zero-order valence-electron chi connectivity index (χ0n) is 26.3. The van der Waals surface area contributed by atoms with Crippen LogP contribution in [0.25, 0.3) is 16.8 Å². The molecule has 5 rings (SSSR count). The van der Waals surface area contributed by atoms with Gasteiger partial charge in [0.15, 0.2) is 0 Å². The summed E-state index contributed by atoms with van der Waals surface area (Å²) in [6, 6.07) is 34.9. The van der Waals surface area contributed by atoms with Gasteiger partial charge in [-0.1, -0.05) is 73.7 Å². The van der Waals surface area contributed by atoms with E-state index < -0.39 is 17.1 Å². The van der Waals surface area contributed by atoms with Gasteiger partial charge in [-0.15, -0.1) is 11.8 Å². The molecule has 0 saturated heterocycles. The Labute approximate surface area is 278 Å². The van der Waals surface area contributed by atoms with Crippen molar-refractivity contribution in [1.29, 1.82) is 0 Å². The summed E-state index contributed by atoms with van der Waals surface area (Å²) in [6.45, 7) is 1.94. The van der Waals surface area contributed by atoms with Crippen molar-refractivity contribution >= 4 is 57.7 Å². The van der Waals surface area contributed by atoms with E-state index in [1.54, 1.807) is 68.8 Å². The van der Waals surface area contributed by atoms with Crippen molar-refractivity contribution in [3.8, 4) is 11.5 Å². The highest BCUT2D eigenvalue weighted by atomic mass is 32.2. The first-order valence-corrected chi connectivity index (χ1v) is 15.9. The molecule has 0 radical (unpaired) electrons. The molecule has 47 heavy (non-hydrogen) atoms. The van der Waals surface area contributed by atoms with E-state index in [4.69, 9.17) is 9.47 Å².